The minimum atomic E-state index is -0.376. The van der Waals surface area contributed by atoms with Gasteiger partial charge in [-0.2, -0.15) is 0 Å². The maximum atomic E-state index is 12.8. The lowest BCUT2D eigenvalue weighted by molar-refractivity contribution is -0.129. The van der Waals surface area contributed by atoms with Crippen molar-refractivity contribution in [1.29, 1.82) is 0 Å². The molecule has 1 aromatic carbocycles. The van der Waals surface area contributed by atoms with E-state index in [4.69, 9.17) is 22.1 Å². The molecule has 0 unspecified atom stereocenters. The lowest BCUT2D eigenvalue weighted by Gasteiger charge is -2.23. The van der Waals surface area contributed by atoms with Crippen LogP contribution in [0.1, 0.15) is 32.3 Å². The van der Waals surface area contributed by atoms with Crippen molar-refractivity contribution in [3.63, 3.8) is 0 Å². The fraction of sp³-hybridized carbons (Fsp3) is 0.562. The average Bonchev–Trinajstić information content (AvgIpc) is 3.01. The summed E-state index contributed by atoms with van der Waals surface area (Å²) in [6, 6.07) is 5.73. The van der Waals surface area contributed by atoms with Gasteiger partial charge in [0.25, 0.3) is 5.91 Å². The number of rotatable bonds is 2. The first-order chi connectivity index (χ1) is 9.94. The fourth-order valence-corrected chi connectivity index (χ4v) is 3.82. The summed E-state index contributed by atoms with van der Waals surface area (Å²) in [5.41, 5.74) is 7.44. The molecule has 1 fully saturated rings. The van der Waals surface area contributed by atoms with Crippen LogP contribution in [-0.4, -0.2) is 31.2 Å². The molecule has 1 saturated heterocycles. The lowest BCUT2D eigenvalue weighted by Crippen LogP contribution is -2.41. The van der Waals surface area contributed by atoms with Gasteiger partial charge in [0.15, 0.2) is 0 Å². The number of ether oxygens (including phenoxy) is 1. The van der Waals surface area contributed by atoms with E-state index in [1.54, 1.807) is 0 Å². The molecule has 0 radical (unpaired) electrons. The van der Waals surface area contributed by atoms with Gasteiger partial charge in [-0.05, 0) is 25.0 Å². The molecule has 2 atom stereocenters. The third-order valence-electron chi connectivity index (χ3n) is 4.42. The van der Waals surface area contributed by atoms with Crippen LogP contribution in [0.4, 0.5) is 5.69 Å². The molecule has 2 N–H and O–H groups in total. The van der Waals surface area contributed by atoms with Gasteiger partial charge >= 0.3 is 0 Å². The predicted octanol–water partition coefficient (Wildman–Crippen LogP) is 2.47. The van der Waals surface area contributed by atoms with E-state index in [0.29, 0.717) is 13.1 Å². The Morgan fingerprint density at radius 2 is 2.24 bits per heavy atom. The molecular weight excluding hydrogens is 288 g/mol. The van der Waals surface area contributed by atoms with E-state index in [-0.39, 0.29) is 23.5 Å². The van der Waals surface area contributed by atoms with Gasteiger partial charge in [-0.25, -0.2) is 0 Å². The standard InChI is InChI=1S/C16H21ClN2O2/c1-16(2)9-19(12-5-3-4-11(17)14(12)16)15(20)13-7-6-10(8-18)21-13/h3-5,10,13H,6-9,18H2,1-2H3/t10-,13+/m1/s1. The number of anilines is 1. The minimum absolute atomic E-state index is 0.00777. The third kappa shape index (κ3) is 2.45. The van der Waals surface area contributed by atoms with Crippen molar-refractivity contribution in [2.24, 2.45) is 5.73 Å². The number of hydrogen-bond donors (Lipinski definition) is 1. The zero-order chi connectivity index (χ0) is 15.2. The van der Waals surface area contributed by atoms with Gasteiger partial charge in [0.05, 0.1) is 6.10 Å². The Hall–Kier alpha value is -1.10. The minimum Gasteiger partial charge on any atom is -0.364 e. The molecule has 5 heteroatoms. The number of fused-ring (bicyclic) bond motifs is 1. The van der Waals surface area contributed by atoms with E-state index in [1.165, 1.54) is 0 Å². The van der Waals surface area contributed by atoms with E-state index in [9.17, 15) is 4.79 Å². The van der Waals surface area contributed by atoms with Crippen LogP contribution in [0.25, 0.3) is 0 Å². The number of amides is 1. The predicted molar refractivity (Wildman–Crippen MR) is 83.8 cm³/mol. The Morgan fingerprint density at radius 3 is 2.90 bits per heavy atom. The largest absolute Gasteiger partial charge is 0.364 e. The van der Waals surface area contributed by atoms with Crippen LogP contribution in [0.3, 0.4) is 0 Å². The quantitative estimate of drug-likeness (QED) is 0.913. The molecule has 1 amide bonds. The van der Waals surface area contributed by atoms with E-state index >= 15 is 0 Å². The van der Waals surface area contributed by atoms with Crippen LogP contribution in [0.15, 0.2) is 18.2 Å². The molecule has 0 saturated carbocycles. The average molecular weight is 309 g/mol. The van der Waals surface area contributed by atoms with Gasteiger partial charge in [-0.1, -0.05) is 31.5 Å². The Bertz CT molecular complexity index is 573. The molecule has 0 bridgehead atoms. The van der Waals surface area contributed by atoms with Crippen LogP contribution in [0.5, 0.6) is 0 Å². The van der Waals surface area contributed by atoms with Gasteiger partial charge in [0, 0.05) is 34.8 Å². The highest BCUT2D eigenvalue weighted by molar-refractivity contribution is 6.32. The van der Waals surface area contributed by atoms with Crippen LogP contribution < -0.4 is 10.6 Å². The molecular formula is C16H21ClN2O2. The second-order valence-corrected chi connectivity index (χ2v) is 6.91. The topological polar surface area (TPSA) is 55.6 Å². The molecule has 0 aromatic heterocycles. The van der Waals surface area contributed by atoms with Crippen molar-refractivity contribution in [2.75, 3.05) is 18.0 Å². The van der Waals surface area contributed by atoms with Crippen molar-refractivity contribution in [3.8, 4) is 0 Å². The number of nitrogens with zero attached hydrogens (tertiary/aromatic N) is 1. The summed E-state index contributed by atoms with van der Waals surface area (Å²) in [5, 5.41) is 0.722. The summed E-state index contributed by atoms with van der Waals surface area (Å²) in [6.45, 7) is 5.34. The van der Waals surface area contributed by atoms with Crippen LogP contribution in [-0.2, 0) is 14.9 Å². The summed E-state index contributed by atoms with van der Waals surface area (Å²) in [7, 11) is 0. The first kappa shape index (κ1) is 14.8. The highest BCUT2D eigenvalue weighted by atomic mass is 35.5. The van der Waals surface area contributed by atoms with Gasteiger partial charge in [0.1, 0.15) is 6.10 Å². The number of benzene rings is 1. The van der Waals surface area contributed by atoms with Crippen molar-refractivity contribution in [3.05, 3.63) is 28.8 Å². The Balaban J connectivity index is 1.89. The summed E-state index contributed by atoms with van der Waals surface area (Å²) >= 11 is 6.34. The number of carbonyl (C=O) groups excluding carboxylic acids is 1. The fourth-order valence-electron chi connectivity index (χ4n) is 3.40. The van der Waals surface area contributed by atoms with E-state index in [2.05, 4.69) is 13.8 Å². The van der Waals surface area contributed by atoms with Crippen molar-refractivity contribution in [1.82, 2.24) is 0 Å². The molecule has 1 aromatic rings. The molecule has 2 heterocycles. The molecule has 0 aliphatic carbocycles. The monoisotopic (exact) mass is 308 g/mol. The number of hydrogen-bond acceptors (Lipinski definition) is 3. The van der Waals surface area contributed by atoms with E-state index in [0.717, 1.165) is 29.1 Å². The second-order valence-electron chi connectivity index (χ2n) is 6.50. The zero-order valence-corrected chi connectivity index (χ0v) is 13.2. The third-order valence-corrected chi connectivity index (χ3v) is 4.74. The molecule has 0 spiro atoms. The highest BCUT2D eigenvalue weighted by Crippen LogP contribution is 2.45. The van der Waals surface area contributed by atoms with Crippen molar-refractivity contribution >= 4 is 23.2 Å². The molecule has 3 rings (SSSR count). The lowest BCUT2D eigenvalue weighted by atomic mass is 9.87. The number of halogens is 1. The second kappa shape index (κ2) is 5.27. The Labute approximate surface area is 130 Å². The molecule has 4 nitrogen and oxygen atoms in total. The zero-order valence-electron chi connectivity index (χ0n) is 12.4. The SMILES string of the molecule is CC1(C)CN(C(=O)[C@@H]2CC[C@H](CN)O2)c2cccc(Cl)c21. The van der Waals surface area contributed by atoms with E-state index < -0.39 is 0 Å². The maximum absolute atomic E-state index is 12.8. The molecule has 2 aliphatic rings. The van der Waals surface area contributed by atoms with Crippen LogP contribution in [0.2, 0.25) is 5.02 Å². The van der Waals surface area contributed by atoms with Gasteiger partial charge in [-0.3, -0.25) is 4.79 Å². The molecule has 21 heavy (non-hydrogen) atoms. The van der Waals surface area contributed by atoms with Gasteiger partial charge in [-0.15, -0.1) is 0 Å². The summed E-state index contributed by atoms with van der Waals surface area (Å²) in [4.78, 5) is 14.6. The number of carbonyl (C=O) groups is 1. The number of nitrogens with two attached hydrogens (primary N) is 1. The first-order valence-corrected chi connectivity index (χ1v) is 7.78. The van der Waals surface area contributed by atoms with Gasteiger partial charge < -0.3 is 15.4 Å². The van der Waals surface area contributed by atoms with Gasteiger partial charge in [0.2, 0.25) is 0 Å². The smallest absolute Gasteiger partial charge is 0.256 e. The summed E-state index contributed by atoms with van der Waals surface area (Å²) in [5.74, 6) is 0.0278. The Kier molecular flexibility index (Phi) is 3.72. The normalized spacial score (nSPS) is 27.0. The summed E-state index contributed by atoms with van der Waals surface area (Å²) < 4.78 is 5.75. The highest BCUT2D eigenvalue weighted by Gasteiger charge is 2.43. The summed E-state index contributed by atoms with van der Waals surface area (Å²) in [6.07, 6.45) is 1.23. The van der Waals surface area contributed by atoms with Crippen LogP contribution >= 0.6 is 11.6 Å². The maximum Gasteiger partial charge on any atom is 0.256 e. The molecule has 2 aliphatic heterocycles. The molecule has 114 valence electrons. The van der Waals surface area contributed by atoms with Crippen molar-refractivity contribution in [2.45, 2.75) is 44.3 Å². The Morgan fingerprint density at radius 1 is 1.48 bits per heavy atom. The van der Waals surface area contributed by atoms with Crippen molar-refractivity contribution < 1.29 is 9.53 Å². The van der Waals surface area contributed by atoms with E-state index in [1.807, 2.05) is 23.1 Å². The first-order valence-electron chi connectivity index (χ1n) is 7.40. The van der Waals surface area contributed by atoms with Crippen LogP contribution in [0, 0.1) is 0 Å².